The smallest absolute Gasteiger partial charge is 0.220 e. The van der Waals surface area contributed by atoms with Crippen LogP contribution in [-0.2, 0) is 14.3 Å². The Balaban J connectivity index is 2.08. The van der Waals surface area contributed by atoms with Gasteiger partial charge < -0.3 is 40.3 Å². The second-order valence-electron chi connectivity index (χ2n) is 26.5. The minimum absolute atomic E-state index is 0.166. The fourth-order valence-electron chi connectivity index (χ4n) is 12.5. The summed E-state index contributed by atoms with van der Waals surface area (Å²) >= 11 is 0. The van der Waals surface area contributed by atoms with E-state index in [4.69, 9.17) is 9.47 Å². The summed E-state index contributed by atoms with van der Waals surface area (Å²) in [7, 11) is 0. The van der Waals surface area contributed by atoms with Gasteiger partial charge in [0.15, 0.2) is 6.29 Å². The van der Waals surface area contributed by atoms with Crippen molar-refractivity contribution in [2.45, 2.75) is 442 Å². The van der Waals surface area contributed by atoms with Gasteiger partial charge in [-0.3, -0.25) is 4.79 Å². The van der Waals surface area contributed by atoms with Crippen molar-refractivity contribution in [3.05, 3.63) is 12.2 Å². The Morgan fingerprint density at radius 1 is 0.398 bits per heavy atom. The summed E-state index contributed by atoms with van der Waals surface area (Å²) in [6, 6.07) is -0.802. The Hall–Kier alpha value is -1.07. The average Bonchev–Trinajstić information content (AvgIpc) is 3.49. The first-order chi connectivity index (χ1) is 40.8. The Kier molecular flexibility index (Phi) is 61.6. The Bertz CT molecular complexity index is 1320. The highest BCUT2D eigenvalue weighted by molar-refractivity contribution is 5.76. The fraction of sp³-hybridized carbons (Fsp3) is 0.959. The fourth-order valence-corrected chi connectivity index (χ4v) is 12.5. The van der Waals surface area contributed by atoms with Gasteiger partial charge in [0.2, 0.25) is 5.91 Å². The van der Waals surface area contributed by atoms with Crippen molar-refractivity contribution in [1.82, 2.24) is 5.32 Å². The highest BCUT2D eigenvalue weighted by atomic mass is 16.7. The average molecular weight is 1180 g/mol. The topological polar surface area (TPSA) is 149 Å². The van der Waals surface area contributed by atoms with Crippen LogP contribution in [0.5, 0.6) is 0 Å². The normalized spacial score (nSPS) is 18.2. The Labute approximate surface area is 516 Å². The molecule has 0 aromatic heterocycles. The van der Waals surface area contributed by atoms with E-state index in [0.29, 0.717) is 6.42 Å². The molecule has 1 heterocycles. The van der Waals surface area contributed by atoms with E-state index in [2.05, 4.69) is 19.2 Å². The predicted octanol–water partition coefficient (Wildman–Crippen LogP) is 20.7. The Morgan fingerprint density at radius 2 is 0.663 bits per heavy atom. The number of carbonyl (C=O) groups excluding carboxylic acids is 1. The maximum Gasteiger partial charge on any atom is 0.220 e. The van der Waals surface area contributed by atoms with E-state index in [9.17, 15) is 30.3 Å². The summed E-state index contributed by atoms with van der Waals surface area (Å²) < 4.78 is 11.3. The zero-order valence-corrected chi connectivity index (χ0v) is 55.5. The van der Waals surface area contributed by atoms with Crippen molar-refractivity contribution in [3.63, 3.8) is 0 Å². The van der Waals surface area contributed by atoms with Gasteiger partial charge in [-0.25, -0.2) is 0 Å². The molecular formula is C74H145NO8. The minimum Gasteiger partial charge on any atom is -0.394 e. The number of aliphatic hydroxyl groups excluding tert-OH is 5. The van der Waals surface area contributed by atoms with Crippen LogP contribution in [0.3, 0.4) is 0 Å². The maximum atomic E-state index is 13.1. The first-order valence-electron chi connectivity index (χ1n) is 37.4. The van der Waals surface area contributed by atoms with E-state index in [1.165, 1.54) is 340 Å². The number of aliphatic hydroxyl groups is 5. The van der Waals surface area contributed by atoms with Crippen LogP contribution in [0, 0.1) is 0 Å². The molecule has 0 aromatic rings. The van der Waals surface area contributed by atoms with Gasteiger partial charge >= 0.3 is 0 Å². The molecule has 0 spiro atoms. The number of allylic oxidation sites excluding steroid dienone is 1. The maximum absolute atomic E-state index is 13.1. The van der Waals surface area contributed by atoms with Crippen LogP contribution in [0.1, 0.15) is 399 Å². The molecule has 1 saturated heterocycles. The molecule has 9 heteroatoms. The van der Waals surface area contributed by atoms with E-state index in [-0.39, 0.29) is 12.5 Å². The molecule has 7 unspecified atom stereocenters. The van der Waals surface area contributed by atoms with Crippen molar-refractivity contribution in [2.24, 2.45) is 0 Å². The summed E-state index contributed by atoms with van der Waals surface area (Å²) in [6.07, 6.45) is 76.3. The number of unbranched alkanes of at least 4 members (excludes halogenated alkanes) is 57. The SMILES string of the molecule is CCCCCCCCCCCCCCCCCCCCCCCCCC/C=C/C(O)C(COC1OC(CO)C(O)C(O)C1O)NC(=O)CCCCCCCCCCCCCCCCCCCCCCCCCCCCCCCCCCCC. The molecule has 0 bridgehead atoms. The number of amides is 1. The minimum atomic E-state index is -1.56. The van der Waals surface area contributed by atoms with Crippen molar-refractivity contribution in [1.29, 1.82) is 0 Å². The highest BCUT2D eigenvalue weighted by Gasteiger charge is 2.44. The molecule has 1 amide bonds. The number of hydrogen-bond acceptors (Lipinski definition) is 8. The number of rotatable bonds is 67. The molecule has 494 valence electrons. The molecule has 0 aromatic carbocycles. The van der Waals surface area contributed by atoms with E-state index in [1.807, 2.05) is 6.08 Å². The highest BCUT2D eigenvalue weighted by Crippen LogP contribution is 2.24. The lowest BCUT2D eigenvalue weighted by atomic mass is 9.99. The standard InChI is InChI=1S/C74H145NO8/c1-3-5-7-9-11-13-15-17-19-21-23-25-27-29-31-32-33-34-35-36-37-38-40-42-44-46-48-50-52-54-56-58-60-62-64-70(78)75-67(66-82-74-73(81)72(80)71(79)69(65-76)83-74)68(77)63-61-59-57-55-53-51-49-47-45-43-41-39-30-28-26-24-22-20-18-16-14-12-10-8-6-4-2/h61,63,67-69,71-74,76-77,79-81H,3-60,62,64-66H2,1-2H3,(H,75,78)/b63-61+. The van der Waals surface area contributed by atoms with Crippen LogP contribution in [0.4, 0.5) is 0 Å². The van der Waals surface area contributed by atoms with Crippen LogP contribution >= 0.6 is 0 Å². The van der Waals surface area contributed by atoms with Crippen molar-refractivity contribution in [2.75, 3.05) is 13.2 Å². The monoisotopic (exact) mass is 1180 g/mol. The number of nitrogens with one attached hydrogen (secondary N) is 1. The van der Waals surface area contributed by atoms with Crippen LogP contribution in [0.25, 0.3) is 0 Å². The summed E-state index contributed by atoms with van der Waals surface area (Å²) in [5, 5.41) is 54.8. The molecule has 9 nitrogen and oxygen atoms in total. The molecule has 1 aliphatic heterocycles. The zero-order valence-electron chi connectivity index (χ0n) is 55.5. The van der Waals surface area contributed by atoms with E-state index < -0.39 is 49.5 Å². The number of hydrogen-bond donors (Lipinski definition) is 6. The Morgan fingerprint density at radius 3 is 0.940 bits per heavy atom. The molecule has 0 aliphatic carbocycles. The molecule has 83 heavy (non-hydrogen) atoms. The van der Waals surface area contributed by atoms with E-state index in [0.717, 1.165) is 38.5 Å². The van der Waals surface area contributed by atoms with Gasteiger partial charge in [0.25, 0.3) is 0 Å². The van der Waals surface area contributed by atoms with E-state index >= 15 is 0 Å². The van der Waals surface area contributed by atoms with Crippen LogP contribution in [0.2, 0.25) is 0 Å². The summed E-state index contributed by atoms with van der Waals surface area (Å²) in [4.78, 5) is 13.1. The summed E-state index contributed by atoms with van der Waals surface area (Å²) in [6.45, 7) is 3.85. The first kappa shape index (κ1) is 79.9. The lowest BCUT2D eigenvalue weighted by Gasteiger charge is -2.40. The quantitative estimate of drug-likeness (QED) is 0.0261. The van der Waals surface area contributed by atoms with Gasteiger partial charge in [0.05, 0.1) is 25.4 Å². The molecule has 6 N–H and O–H groups in total. The third kappa shape index (κ3) is 52.6. The number of ether oxygens (including phenoxy) is 2. The third-order valence-electron chi connectivity index (χ3n) is 18.4. The van der Waals surface area contributed by atoms with Gasteiger partial charge in [-0.2, -0.15) is 0 Å². The molecule has 1 rings (SSSR count). The molecule has 7 atom stereocenters. The lowest BCUT2D eigenvalue weighted by molar-refractivity contribution is -0.302. The molecule has 1 fully saturated rings. The lowest BCUT2D eigenvalue weighted by Crippen LogP contribution is -2.60. The summed E-state index contributed by atoms with van der Waals surface area (Å²) in [5.74, 6) is -0.166. The largest absolute Gasteiger partial charge is 0.394 e. The first-order valence-corrected chi connectivity index (χ1v) is 37.4. The van der Waals surface area contributed by atoms with Crippen molar-refractivity contribution in [3.8, 4) is 0 Å². The number of carbonyl (C=O) groups is 1. The molecule has 1 aliphatic rings. The molecular weight excluding hydrogens is 1030 g/mol. The second-order valence-corrected chi connectivity index (χ2v) is 26.5. The van der Waals surface area contributed by atoms with Crippen LogP contribution in [-0.4, -0.2) is 87.5 Å². The summed E-state index contributed by atoms with van der Waals surface area (Å²) in [5.41, 5.74) is 0. The zero-order chi connectivity index (χ0) is 60.0. The molecule has 0 radical (unpaired) electrons. The van der Waals surface area contributed by atoms with Crippen molar-refractivity contribution >= 4 is 5.91 Å². The van der Waals surface area contributed by atoms with Gasteiger partial charge in [0.1, 0.15) is 24.4 Å². The van der Waals surface area contributed by atoms with Gasteiger partial charge in [-0.15, -0.1) is 0 Å². The van der Waals surface area contributed by atoms with Gasteiger partial charge in [-0.05, 0) is 19.3 Å². The van der Waals surface area contributed by atoms with Crippen LogP contribution < -0.4 is 5.32 Å². The molecule has 0 saturated carbocycles. The third-order valence-corrected chi connectivity index (χ3v) is 18.4. The van der Waals surface area contributed by atoms with Gasteiger partial charge in [-0.1, -0.05) is 386 Å². The predicted molar refractivity (Wildman–Crippen MR) is 355 cm³/mol. The van der Waals surface area contributed by atoms with Gasteiger partial charge in [0, 0.05) is 6.42 Å². The van der Waals surface area contributed by atoms with Crippen LogP contribution in [0.15, 0.2) is 12.2 Å². The van der Waals surface area contributed by atoms with E-state index in [1.54, 1.807) is 6.08 Å². The second kappa shape index (κ2) is 63.9. The van der Waals surface area contributed by atoms with Crippen molar-refractivity contribution < 1.29 is 39.8 Å².